The Morgan fingerprint density at radius 2 is 2.00 bits per heavy atom. The number of rotatable bonds is 5. The van der Waals surface area contributed by atoms with Crippen LogP contribution in [0.25, 0.3) is 0 Å². The number of hydrogen-bond acceptors (Lipinski definition) is 3. The molecular formula is C15H26N2S. The molecule has 0 amide bonds. The summed E-state index contributed by atoms with van der Waals surface area (Å²) >= 11 is 1.84. The van der Waals surface area contributed by atoms with Crippen LogP contribution < -0.4 is 5.32 Å². The molecule has 1 aliphatic carbocycles. The zero-order valence-electron chi connectivity index (χ0n) is 12.3. The molecular weight excluding hydrogens is 240 g/mol. The second kappa shape index (κ2) is 4.93. The van der Waals surface area contributed by atoms with E-state index in [1.807, 2.05) is 11.3 Å². The average Bonchev–Trinajstić information content (AvgIpc) is 3.01. The van der Waals surface area contributed by atoms with Crippen molar-refractivity contribution in [3.05, 3.63) is 16.1 Å². The number of thiazole rings is 1. The fourth-order valence-electron chi connectivity index (χ4n) is 2.67. The van der Waals surface area contributed by atoms with Gasteiger partial charge in [-0.05, 0) is 31.7 Å². The monoisotopic (exact) mass is 266 g/mol. The lowest BCUT2D eigenvalue weighted by atomic mass is 9.89. The summed E-state index contributed by atoms with van der Waals surface area (Å²) in [4.78, 5) is 4.96. The summed E-state index contributed by atoms with van der Waals surface area (Å²) in [6.07, 6.45) is 3.85. The van der Waals surface area contributed by atoms with Gasteiger partial charge in [0.05, 0.1) is 11.2 Å². The Morgan fingerprint density at radius 3 is 2.39 bits per heavy atom. The summed E-state index contributed by atoms with van der Waals surface area (Å²) in [7, 11) is 0. The van der Waals surface area contributed by atoms with Gasteiger partial charge in [-0.15, -0.1) is 11.3 Å². The van der Waals surface area contributed by atoms with Crippen molar-refractivity contribution in [1.29, 1.82) is 0 Å². The molecule has 1 heterocycles. The summed E-state index contributed by atoms with van der Waals surface area (Å²) in [5.74, 6) is 0.793. The van der Waals surface area contributed by atoms with Gasteiger partial charge >= 0.3 is 0 Å². The predicted molar refractivity (Wildman–Crippen MR) is 79.2 cm³/mol. The molecule has 3 heteroatoms. The Labute approximate surface area is 115 Å². The van der Waals surface area contributed by atoms with Crippen molar-refractivity contribution in [2.24, 2.45) is 5.92 Å². The van der Waals surface area contributed by atoms with E-state index in [1.54, 1.807) is 0 Å². The standard InChI is InChI=1S/C15H26N2S/c1-6-15(16-7-2,11-8-9-11)13-17-12(10-18-13)14(3,4)5/h10-11,16H,6-9H2,1-5H3. The first-order valence-corrected chi connectivity index (χ1v) is 8.03. The van der Waals surface area contributed by atoms with Crippen molar-refractivity contribution >= 4 is 11.3 Å². The van der Waals surface area contributed by atoms with Gasteiger partial charge < -0.3 is 5.32 Å². The molecule has 0 bridgehead atoms. The van der Waals surface area contributed by atoms with Crippen molar-refractivity contribution in [2.45, 2.75) is 64.8 Å². The van der Waals surface area contributed by atoms with Crippen molar-refractivity contribution in [2.75, 3.05) is 6.54 Å². The third-order valence-corrected chi connectivity index (χ3v) is 5.00. The molecule has 1 atom stereocenters. The molecule has 2 nitrogen and oxygen atoms in total. The third kappa shape index (κ3) is 2.48. The van der Waals surface area contributed by atoms with Crippen molar-refractivity contribution in [3.63, 3.8) is 0 Å². The molecule has 1 unspecified atom stereocenters. The van der Waals surface area contributed by atoms with Crippen molar-refractivity contribution in [1.82, 2.24) is 10.3 Å². The van der Waals surface area contributed by atoms with E-state index in [0.29, 0.717) is 0 Å². The van der Waals surface area contributed by atoms with Crippen LogP contribution in [0.1, 0.15) is 64.6 Å². The normalized spacial score (nSPS) is 19.8. The summed E-state index contributed by atoms with van der Waals surface area (Å²) < 4.78 is 0. The van der Waals surface area contributed by atoms with Gasteiger partial charge in [0.15, 0.2) is 0 Å². The zero-order valence-corrected chi connectivity index (χ0v) is 13.2. The van der Waals surface area contributed by atoms with E-state index in [2.05, 4.69) is 45.3 Å². The lowest BCUT2D eigenvalue weighted by Crippen LogP contribution is -2.44. The zero-order chi connectivity index (χ0) is 13.4. The van der Waals surface area contributed by atoms with Crippen molar-refractivity contribution < 1.29 is 0 Å². The largest absolute Gasteiger partial charge is 0.305 e. The highest BCUT2D eigenvalue weighted by atomic mass is 32.1. The summed E-state index contributed by atoms with van der Waals surface area (Å²) in [5.41, 5.74) is 1.53. The highest BCUT2D eigenvalue weighted by Gasteiger charge is 2.46. The minimum Gasteiger partial charge on any atom is -0.305 e. The SMILES string of the molecule is CCNC(CC)(c1nc(C(C)(C)C)cs1)C1CC1. The van der Waals surface area contributed by atoms with E-state index >= 15 is 0 Å². The number of hydrogen-bond donors (Lipinski definition) is 1. The molecule has 1 fully saturated rings. The Hall–Kier alpha value is -0.410. The van der Waals surface area contributed by atoms with Crippen LogP contribution in [0.4, 0.5) is 0 Å². The topological polar surface area (TPSA) is 24.9 Å². The Balaban J connectivity index is 2.33. The van der Waals surface area contributed by atoms with E-state index < -0.39 is 0 Å². The van der Waals surface area contributed by atoms with E-state index in [0.717, 1.165) is 18.9 Å². The van der Waals surface area contributed by atoms with Gasteiger partial charge in [-0.2, -0.15) is 0 Å². The van der Waals surface area contributed by atoms with E-state index in [1.165, 1.54) is 23.5 Å². The van der Waals surface area contributed by atoms with Gasteiger partial charge in [0.1, 0.15) is 5.01 Å². The van der Waals surface area contributed by atoms with Crippen LogP contribution >= 0.6 is 11.3 Å². The minimum atomic E-state index is 0.142. The second-order valence-electron chi connectivity index (χ2n) is 6.42. The fraction of sp³-hybridized carbons (Fsp3) is 0.800. The molecule has 18 heavy (non-hydrogen) atoms. The first kappa shape index (κ1) is 14.0. The molecule has 1 aromatic heterocycles. The molecule has 0 aliphatic heterocycles. The van der Waals surface area contributed by atoms with E-state index in [9.17, 15) is 0 Å². The maximum absolute atomic E-state index is 4.96. The van der Waals surface area contributed by atoms with Gasteiger partial charge in [-0.25, -0.2) is 4.98 Å². The van der Waals surface area contributed by atoms with Gasteiger partial charge in [0.2, 0.25) is 0 Å². The molecule has 2 rings (SSSR count). The first-order chi connectivity index (χ1) is 8.44. The number of aromatic nitrogens is 1. The van der Waals surface area contributed by atoms with E-state index in [4.69, 9.17) is 4.98 Å². The molecule has 0 aromatic carbocycles. The minimum absolute atomic E-state index is 0.142. The van der Waals surface area contributed by atoms with Gasteiger partial charge in [0.25, 0.3) is 0 Å². The molecule has 0 radical (unpaired) electrons. The molecule has 1 aromatic rings. The lowest BCUT2D eigenvalue weighted by molar-refractivity contribution is 0.280. The maximum atomic E-state index is 4.96. The fourth-order valence-corrected chi connectivity index (χ4v) is 4.05. The molecule has 0 spiro atoms. The predicted octanol–water partition coefficient (Wildman–Crippen LogP) is 4.07. The molecule has 1 saturated carbocycles. The van der Waals surface area contributed by atoms with Crippen LogP contribution in [-0.2, 0) is 11.0 Å². The van der Waals surface area contributed by atoms with Crippen molar-refractivity contribution in [3.8, 4) is 0 Å². The van der Waals surface area contributed by atoms with Gasteiger partial charge in [-0.3, -0.25) is 0 Å². The average molecular weight is 266 g/mol. The van der Waals surface area contributed by atoms with Gasteiger partial charge in [0, 0.05) is 10.8 Å². The quantitative estimate of drug-likeness (QED) is 0.869. The van der Waals surface area contributed by atoms with Crippen LogP contribution in [0.2, 0.25) is 0 Å². The summed E-state index contributed by atoms with van der Waals surface area (Å²) in [6.45, 7) is 12.2. The highest BCUT2D eigenvalue weighted by Crippen LogP contribution is 2.48. The van der Waals surface area contributed by atoms with E-state index in [-0.39, 0.29) is 11.0 Å². The maximum Gasteiger partial charge on any atom is 0.113 e. The third-order valence-electron chi connectivity index (χ3n) is 3.98. The Kier molecular flexibility index (Phi) is 3.84. The Bertz CT molecular complexity index is 401. The first-order valence-electron chi connectivity index (χ1n) is 7.15. The van der Waals surface area contributed by atoms with Crippen LogP contribution in [0, 0.1) is 5.92 Å². The van der Waals surface area contributed by atoms with Crippen LogP contribution in [-0.4, -0.2) is 11.5 Å². The Morgan fingerprint density at radius 1 is 1.33 bits per heavy atom. The molecule has 1 N–H and O–H groups in total. The highest BCUT2D eigenvalue weighted by molar-refractivity contribution is 7.09. The smallest absolute Gasteiger partial charge is 0.113 e. The molecule has 0 saturated heterocycles. The second-order valence-corrected chi connectivity index (χ2v) is 7.28. The lowest BCUT2D eigenvalue weighted by Gasteiger charge is -2.32. The number of nitrogens with one attached hydrogen (secondary N) is 1. The summed E-state index contributed by atoms with van der Waals surface area (Å²) in [5, 5.41) is 7.29. The van der Waals surface area contributed by atoms with Gasteiger partial charge in [-0.1, -0.05) is 34.6 Å². The molecule has 102 valence electrons. The molecule has 1 aliphatic rings. The van der Waals surface area contributed by atoms with Crippen LogP contribution in [0.15, 0.2) is 5.38 Å². The summed E-state index contributed by atoms with van der Waals surface area (Å²) in [6, 6.07) is 0. The van der Waals surface area contributed by atoms with Crippen LogP contribution in [0.3, 0.4) is 0 Å². The number of nitrogens with zero attached hydrogens (tertiary/aromatic N) is 1. The van der Waals surface area contributed by atoms with Crippen LogP contribution in [0.5, 0.6) is 0 Å².